The zero-order valence-electron chi connectivity index (χ0n) is 8.28. The topological polar surface area (TPSA) is 68.9 Å². The summed E-state index contributed by atoms with van der Waals surface area (Å²) in [5.74, 6) is 1.12. The van der Waals surface area contributed by atoms with Crippen molar-refractivity contribution < 1.29 is 4.79 Å². The molecule has 0 aromatic carbocycles. The first-order valence-corrected chi connectivity index (χ1v) is 5.40. The van der Waals surface area contributed by atoms with Gasteiger partial charge in [-0.25, -0.2) is 9.97 Å². The van der Waals surface area contributed by atoms with Gasteiger partial charge < -0.3 is 5.73 Å². The highest BCUT2D eigenvalue weighted by Crippen LogP contribution is 2.20. The Labute approximate surface area is 87.3 Å². The lowest BCUT2D eigenvalue weighted by Gasteiger charge is -2.04. The third-order valence-corrected chi connectivity index (χ3v) is 2.78. The van der Waals surface area contributed by atoms with E-state index in [1.165, 1.54) is 18.0 Å². The standard InChI is InChI=1S/C9H13N3OS/c1-3-4-14-9-7(8(10)13)5-11-6(2)12-9/h5H,3-4H2,1-2H3,(H2,10,13). The van der Waals surface area contributed by atoms with E-state index in [-0.39, 0.29) is 0 Å². The van der Waals surface area contributed by atoms with Crippen LogP contribution in [0, 0.1) is 6.92 Å². The Balaban J connectivity index is 2.97. The van der Waals surface area contributed by atoms with Crippen LogP contribution in [0.5, 0.6) is 0 Å². The molecule has 1 aromatic rings. The number of hydrogen-bond acceptors (Lipinski definition) is 4. The van der Waals surface area contributed by atoms with Gasteiger partial charge in [0.2, 0.25) is 0 Å². The van der Waals surface area contributed by atoms with Crippen LogP contribution in [0.15, 0.2) is 11.2 Å². The first-order valence-electron chi connectivity index (χ1n) is 4.41. The largest absolute Gasteiger partial charge is 0.365 e. The van der Waals surface area contributed by atoms with Gasteiger partial charge in [-0.15, -0.1) is 11.8 Å². The molecule has 0 saturated carbocycles. The Morgan fingerprint density at radius 2 is 2.36 bits per heavy atom. The number of hydrogen-bond donors (Lipinski definition) is 1. The Kier molecular flexibility index (Phi) is 3.88. The van der Waals surface area contributed by atoms with E-state index in [0.717, 1.165) is 12.2 Å². The molecule has 0 aliphatic carbocycles. The quantitative estimate of drug-likeness (QED) is 0.603. The number of nitrogens with two attached hydrogens (primary N) is 1. The van der Waals surface area contributed by atoms with Crippen LogP contribution in [0.2, 0.25) is 0 Å². The van der Waals surface area contributed by atoms with E-state index < -0.39 is 5.91 Å². The van der Waals surface area contributed by atoms with Crippen molar-refractivity contribution in [3.8, 4) is 0 Å². The predicted molar refractivity (Wildman–Crippen MR) is 56.3 cm³/mol. The normalized spacial score (nSPS) is 10.1. The van der Waals surface area contributed by atoms with Gasteiger partial charge in [-0.3, -0.25) is 4.79 Å². The van der Waals surface area contributed by atoms with Gasteiger partial charge in [0.25, 0.3) is 5.91 Å². The number of aryl methyl sites for hydroxylation is 1. The highest BCUT2D eigenvalue weighted by molar-refractivity contribution is 7.99. The number of carbonyl (C=O) groups excluding carboxylic acids is 1. The van der Waals surface area contributed by atoms with Gasteiger partial charge in [0.1, 0.15) is 10.9 Å². The van der Waals surface area contributed by atoms with E-state index in [1.54, 1.807) is 6.92 Å². The summed E-state index contributed by atoms with van der Waals surface area (Å²) in [5, 5.41) is 0.687. The van der Waals surface area contributed by atoms with Crippen LogP contribution in [0.1, 0.15) is 29.5 Å². The van der Waals surface area contributed by atoms with E-state index in [2.05, 4.69) is 16.9 Å². The Bertz CT molecular complexity index is 341. The van der Waals surface area contributed by atoms with Crippen molar-refractivity contribution in [1.82, 2.24) is 9.97 Å². The summed E-state index contributed by atoms with van der Waals surface area (Å²) in [6.45, 7) is 3.87. The van der Waals surface area contributed by atoms with Gasteiger partial charge in [-0.05, 0) is 19.1 Å². The fourth-order valence-electron chi connectivity index (χ4n) is 0.927. The first kappa shape index (κ1) is 11.0. The van der Waals surface area contributed by atoms with Crippen molar-refractivity contribution >= 4 is 17.7 Å². The molecule has 5 heteroatoms. The molecule has 0 spiro atoms. The average Bonchev–Trinajstić information content (AvgIpc) is 2.14. The molecule has 2 N–H and O–H groups in total. The molecule has 0 atom stereocenters. The summed E-state index contributed by atoms with van der Waals surface area (Å²) < 4.78 is 0. The Morgan fingerprint density at radius 3 is 2.93 bits per heavy atom. The zero-order chi connectivity index (χ0) is 10.6. The SMILES string of the molecule is CCCSc1nc(C)ncc1C(N)=O. The summed E-state index contributed by atoms with van der Waals surface area (Å²) in [5.41, 5.74) is 5.62. The summed E-state index contributed by atoms with van der Waals surface area (Å²) in [7, 11) is 0. The van der Waals surface area contributed by atoms with E-state index in [9.17, 15) is 4.79 Å². The van der Waals surface area contributed by atoms with Crippen molar-refractivity contribution in [2.24, 2.45) is 5.73 Å². The summed E-state index contributed by atoms with van der Waals surface area (Å²) in [4.78, 5) is 19.2. The van der Waals surface area contributed by atoms with Crippen LogP contribution in [0.3, 0.4) is 0 Å². The second kappa shape index (κ2) is 4.95. The minimum atomic E-state index is -0.469. The molecule has 0 aliphatic heterocycles. The zero-order valence-corrected chi connectivity index (χ0v) is 9.10. The minimum absolute atomic E-state index is 0.411. The molecule has 4 nitrogen and oxygen atoms in total. The number of amides is 1. The van der Waals surface area contributed by atoms with E-state index in [1.807, 2.05) is 0 Å². The highest BCUT2D eigenvalue weighted by atomic mass is 32.2. The van der Waals surface area contributed by atoms with Crippen LogP contribution in [-0.4, -0.2) is 21.6 Å². The van der Waals surface area contributed by atoms with E-state index in [4.69, 9.17) is 5.73 Å². The van der Waals surface area contributed by atoms with Crippen molar-refractivity contribution in [2.45, 2.75) is 25.3 Å². The third-order valence-electron chi connectivity index (χ3n) is 1.58. The molecule has 0 bridgehead atoms. The van der Waals surface area contributed by atoms with Crippen molar-refractivity contribution in [2.75, 3.05) is 5.75 Å². The van der Waals surface area contributed by atoms with Gasteiger partial charge in [0.15, 0.2) is 0 Å². The smallest absolute Gasteiger partial charge is 0.253 e. The van der Waals surface area contributed by atoms with Crippen LogP contribution >= 0.6 is 11.8 Å². The number of aromatic nitrogens is 2. The molecule has 76 valence electrons. The number of thioether (sulfide) groups is 1. The summed E-state index contributed by atoms with van der Waals surface area (Å²) in [6, 6.07) is 0. The van der Waals surface area contributed by atoms with Gasteiger partial charge in [0.05, 0.1) is 5.56 Å². The van der Waals surface area contributed by atoms with Crippen LogP contribution in [-0.2, 0) is 0 Å². The maximum atomic E-state index is 11.0. The maximum Gasteiger partial charge on any atom is 0.253 e. The molecule has 0 radical (unpaired) electrons. The van der Waals surface area contributed by atoms with Crippen LogP contribution < -0.4 is 5.73 Å². The molecule has 1 amide bonds. The van der Waals surface area contributed by atoms with Crippen molar-refractivity contribution in [3.63, 3.8) is 0 Å². The lowest BCUT2D eigenvalue weighted by atomic mass is 10.3. The molecule has 1 rings (SSSR count). The number of primary amides is 1. The van der Waals surface area contributed by atoms with Gasteiger partial charge in [-0.1, -0.05) is 6.92 Å². The van der Waals surface area contributed by atoms with Crippen molar-refractivity contribution in [1.29, 1.82) is 0 Å². The predicted octanol–water partition coefficient (Wildman–Crippen LogP) is 1.39. The second-order valence-electron chi connectivity index (χ2n) is 2.85. The average molecular weight is 211 g/mol. The molecule has 0 saturated heterocycles. The first-order chi connectivity index (χ1) is 6.65. The monoisotopic (exact) mass is 211 g/mol. The molecule has 14 heavy (non-hydrogen) atoms. The van der Waals surface area contributed by atoms with E-state index >= 15 is 0 Å². The number of rotatable bonds is 4. The van der Waals surface area contributed by atoms with Gasteiger partial charge in [-0.2, -0.15) is 0 Å². The Morgan fingerprint density at radius 1 is 1.64 bits per heavy atom. The molecule has 0 unspecified atom stereocenters. The molecule has 0 aliphatic rings. The molecule has 1 heterocycles. The fourth-order valence-corrected chi connectivity index (χ4v) is 1.83. The minimum Gasteiger partial charge on any atom is -0.365 e. The molecular weight excluding hydrogens is 198 g/mol. The van der Waals surface area contributed by atoms with Crippen LogP contribution in [0.25, 0.3) is 0 Å². The number of carbonyl (C=O) groups is 1. The lowest BCUT2D eigenvalue weighted by Crippen LogP contribution is -2.14. The number of nitrogens with zero attached hydrogens (tertiary/aromatic N) is 2. The van der Waals surface area contributed by atoms with Gasteiger partial charge in [0, 0.05) is 6.20 Å². The van der Waals surface area contributed by atoms with Crippen LogP contribution in [0.4, 0.5) is 0 Å². The third kappa shape index (κ3) is 2.70. The van der Waals surface area contributed by atoms with Gasteiger partial charge >= 0.3 is 0 Å². The second-order valence-corrected chi connectivity index (χ2v) is 3.93. The molecule has 0 fully saturated rings. The maximum absolute atomic E-state index is 11.0. The van der Waals surface area contributed by atoms with E-state index in [0.29, 0.717) is 16.4 Å². The lowest BCUT2D eigenvalue weighted by molar-refractivity contribution is 0.0996. The highest BCUT2D eigenvalue weighted by Gasteiger charge is 2.10. The summed E-state index contributed by atoms with van der Waals surface area (Å²) >= 11 is 1.54. The Hall–Kier alpha value is -1.10. The summed E-state index contributed by atoms with van der Waals surface area (Å²) in [6.07, 6.45) is 2.52. The fraction of sp³-hybridized carbons (Fsp3) is 0.444. The molecule has 1 aromatic heterocycles. The molecular formula is C9H13N3OS. The van der Waals surface area contributed by atoms with Crippen molar-refractivity contribution in [3.05, 3.63) is 17.6 Å².